The van der Waals surface area contributed by atoms with Crippen LogP contribution in [0.15, 0.2) is 129 Å². The molecule has 0 radical (unpaired) electrons. The molecule has 3 nitrogen and oxygen atoms in total. The van der Waals surface area contributed by atoms with Crippen LogP contribution in [0.2, 0.25) is 0 Å². The molecule has 0 N–H and O–H groups in total. The lowest BCUT2D eigenvalue weighted by Gasteiger charge is -2.10. The Morgan fingerprint density at radius 2 is 0.955 bits per heavy atom. The van der Waals surface area contributed by atoms with E-state index in [0.717, 1.165) is 16.7 Å². The van der Waals surface area contributed by atoms with E-state index in [1.807, 2.05) is 41.5 Å². The van der Waals surface area contributed by atoms with Gasteiger partial charge in [-0.2, -0.15) is 0 Å². The van der Waals surface area contributed by atoms with Crippen LogP contribution in [0, 0.1) is 13.8 Å². The lowest BCUT2D eigenvalue weighted by Crippen LogP contribution is -2.00. The molecule has 1 aromatic heterocycles. The van der Waals surface area contributed by atoms with Gasteiger partial charge in [-0.25, -0.2) is 15.0 Å². The highest BCUT2D eigenvalue weighted by Crippen LogP contribution is 2.28. The number of nitrogens with zero attached hydrogens (tertiary/aromatic N) is 3. The van der Waals surface area contributed by atoms with E-state index in [1.165, 1.54) is 27.5 Å². The van der Waals surface area contributed by atoms with E-state index >= 15 is 0 Å². The van der Waals surface area contributed by atoms with Crippen molar-refractivity contribution in [2.75, 3.05) is 0 Å². The molecule has 4 aromatic carbocycles. The van der Waals surface area contributed by atoms with Crippen LogP contribution in [0.3, 0.4) is 0 Å². The Bertz CT molecular complexity index is 1610. The van der Waals surface area contributed by atoms with Crippen molar-refractivity contribution in [3.63, 3.8) is 0 Å². The lowest BCUT2D eigenvalue weighted by atomic mass is 10.0. The Kier molecular flexibility index (Phi) is 17.6. The van der Waals surface area contributed by atoms with Crippen molar-refractivity contribution >= 4 is 16.8 Å². The summed E-state index contributed by atoms with van der Waals surface area (Å²) in [5.41, 5.74) is 6.53. The summed E-state index contributed by atoms with van der Waals surface area (Å²) in [6, 6.07) is 29.4. The van der Waals surface area contributed by atoms with E-state index in [4.69, 9.17) is 15.0 Å². The fourth-order valence-electron chi connectivity index (χ4n) is 3.93. The topological polar surface area (TPSA) is 38.7 Å². The maximum absolute atomic E-state index is 4.91. The lowest BCUT2D eigenvalue weighted by molar-refractivity contribution is 1.07. The van der Waals surface area contributed by atoms with Crippen molar-refractivity contribution in [1.29, 1.82) is 0 Å². The van der Waals surface area contributed by atoms with Gasteiger partial charge in [0.1, 0.15) is 0 Å². The molecule has 3 heteroatoms. The first kappa shape index (κ1) is 37.1. The number of hydrogen-bond acceptors (Lipinski definition) is 3. The Labute approximate surface area is 266 Å². The Hall–Kier alpha value is -4.89. The molecule has 0 atom stereocenters. The summed E-state index contributed by atoms with van der Waals surface area (Å²) < 4.78 is 0. The van der Waals surface area contributed by atoms with Gasteiger partial charge in [-0.3, -0.25) is 0 Å². The third kappa shape index (κ3) is 11.4. The highest BCUT2D eigenvalue weighted by atomic mass is 15.0. The Morgan fingerprint density at radius 3 is 1.48 bits per heavy atom. The Morgan fingerprint density at radius 1 is 0.523 bits per heavy atom. The van der Waals surface area contributed by atoms with Crippen LogP contribution in [0.4, 0.5) is 0 Å². The van der Waals surface area contributed by atoms with Crippen LogP contribution >= 0.6 is 0 Å². The summed E-state index contributed by atoms with van der Waals surface area (Å²) in [5.74, 6) is 2.03. The third-order valence-corrected chi connectivity index (χ3v) is 5.84. The van der Waals surface area contributed by atoms with E-state index in [0.29, 0.717) is 17.5 Å². The normalized spacial score (nSPS) is 9.55. The molecule has 0 spiro atoms. The largest absolute Gasteiger partial charge is 0.208 e. The van der Waals surface area contributed by atoms with Gasteiger partial charge in [-0.1, -0.05) is 123 Å². The molecule has 0 unspecified atom stereocenters. The minimum absolute atomic E-state index is 0.675. The van der Waals surface area contributed by atoms with Crippen molar-refractivity contribution < 1.29 is 0 Å². The van der Waals surface area contributed by atoms with E-state index < -0.39 is 0 Å². The van der Waals surface area contributed by atoms with Crippen LogP contribution in [0.5, 0.6) is 0 Å². The molecule has 0 bridgehead atoms. The number of aromatic nitrogens is 3. The molecule has 44 heavy (non-hydrogen) atoms. The number of hydrogen-bond donors (Lipinski definition) is 0. The van der Waals surface area contributed by atoms with Gasteiger partial charge in [-0.15, -0.1) is 19.7 Å². The van der Waals surface area contributed by atoms with Crippen LogP contribution in [-0.4, -0.2) is 15.0 Å². The first-order chi connectivity index (χ1) is 21.3. The average molecular weight is 584 g/mol. The molecule has 5 aromatic rings. The molecule has 0 saturated carbocycles. The van der Waals surface area contributed by atoms with Gasteiger partial charge in [0.25, 0.3) is 0 Å². The molecule has 0 aliphatic carbocycles. The fourth-order valence-corrected chi connectivity index (χ4v) is 3.93. The van der Waals surface area contributed by atoms with Crippen molar-refractivity contribution in [2.45, 2.75) is 55.4 Å². The van der Waals surface area contributed by atoms with Gasteiger partial charge in [0.15, 0.2) is 17.5 Å². The van der Waals surface area contributed by atoms with Gasteiger partial charge in [0, 0.05) is 16.7 Å². The first-order valence-electron chi connectivity index (χ1n) is 15.1. The molecule has 1 heterocycles. The van der Waals surface area contributed by atoms with E-state index in [1.54, 1.807) is 18.2 Å². The number of benzene rings is 4. The summed E-state index contributed by atoms with van der Waals surface area (Å²) in [6.45, 7) is 26.0. The summed E-state index contributed by atoms with van der Waals surface area (Å²) in [7, 11) is 0. The summed E-state index contributed by atoms with van der Waals surface area (Å²) in [4.78, 5) is 14.7. The fraction of sp³-hybridized carbons (Fsp3) is 0.195. The standard InChI is InChI=1S/C30H25N3.3C3H6.C2H6/c1-4-7-24-18-26(15-12-21(24)3)29-31-28(23-13-10-20(2)11-14-23)32-30(33-29)27-17-16-22-8-5-6-9-25(22)19-27;3*1-3-2;1-2/h4-19H,1-3H3;3*3H,1H2,2H3;1-2H3/b7-4-;;;;. The zero-order valence-corrected chi connectivity index (χ0v) is 27.9. The highest BCUT2D eigenvalue weighted by Gasteiger charge is 2.13. The second kappa shape index (κ2) is 20.9. The molecule has 0 aliphatic rings. The molecular weight excluding hydrogens is 534 g/mol. The second-order valence-electron chi connectivity index (χ2n) is 9.53. The maximum Gasteiger partial charge on any atom is 0.164 e. The second-order valence-corrected chi connectivity index (χ2v) is 9.53. The molecule has 5 rings (SSSR count). The van der Waals surface area contributed by atoms with Gasteiger partial charge >= 0.3 is 0 Å². The number of allylic oxidation sites excluding steroid dienone is 4. The number of aryl methyl sites for hydroxylation is 2. The quantitative estimate of drug-likeness (QED) is 0.198. The molecule has 0 saturated heterocycles. The minimum Gasteiger partial charge on any atom is -0.208 e. The van der Waals surface area contributed by atoms with Gasteiger partial charge in [0.2, 0.25) is 0 Å². The predicted octanol–water partition coefficient (Wildman–Crippen LogP) is 12.3. The van der Waals surface area contributed by atoms with Crippen molar-refractivity contribution in [1.82, 2.24) is 15.0 Å². The van der Waals surface area contributed by atoms with Crippen molar-refractivity contribution in [3.05, 3.63) is 146 Å². The minimum atomic E-state index is 0.675. The molecule has 0 fully saturated rings. The molecule has 0 amide bonds. The van der Waals surface area contributed by atoms with Gasteiger partial charge in [-0.05, 0) is 75.6 Å². The zero-order valence-electron chi connectivity index (χ0n) is 27.9. The van der Waals surface area contributed by atoms with Crippen molar-refractivity contribution in [2.24, 2.45) is 0 Å². The van der Waals surface area contributed by atoms with Crippen molar-refractivity contribution in [3.8, 4) is 34.2 Å². The van der Waals surface area contributed by atoms with Crippen LogP contribution < -0.4 is 0 Å². The molecule has 228 valence electrons. The van der Waals surface area contributed by atoms with Gasteiger partial charge in [0.05, 0.1) is 0 Å². The smallest absolute Gasteiger partial charge is 0.164 e. The van der Waals surface area contributed by atoms with E-state index in [-0.39, 0.29) is 0 Å². The summed E-state index contributed by atoms with van der Waals surface area (Å²) in [5, 5.41) is 2.36. The van der Waals surface area contributed by atoms with E-state index in [9.17, 15) is 0 Å². The third-order valence-electron chi connectivity index (χ3n) is 5.84. The molecular formula is C41H49N3. The maximum atomic E-state index is 4.91. The van der Waals surface area contributed by atoms with Crippen LogP contribution in [0.25, 0.3) is 51.0 Å². The summed E-state index contributed by atoms with van der Waals surface area (Å²) in [6.07, 6.45) is 9.42. The average Bonchev–Trinajstić information content (AvgIpc) is 3.04. The first-order valence-corrected chi connectivity index (χ1v) is 15.1. The van der Waals surface area contributed by atoms with Crippen LogP contribution in [-0.2, 0) is 0 Å². The zero-order chi connectivity index (χ0) is 32.9. The van der Waals surface area contributed by atoms with Crippen LogP contribution in [0.1, 0.15) is 58.2 Å². The predicted molar refractivity (Wildman–Crippen MR) is 197 cm³/mol. The number of fused-ring (bicyclic) bond motifs is 1. The SMILES string of the molecule is C/C=C\c1cc(-c2nc(-c3ccc(C)cc3)nc(-c3ccc4ccccc4c3)n2)ccc1C.C=CC.C=CC.C=CC.CC. The van der Waals surface area contributed by atoms with E-state index in [2.05, 4.69) is 131 Å². The number of rotatable bonds is 4. The van der Waals surface area contributed by atoms with Gasteiger partial charge < -0.3 is 0 Å². The Balaban J connectivity index is 0.000000777. The monoisotopic (exact) mass is 583 g/mol. The highest BCUT2D eigenvalue weighted by molar-refractivity contribution is 5.86. The summed E-state index contributed by atoms with van der Waals surface area (Å²) >= 11 is 0. The molecule has 0 aliphatic heterocycles.